The highest BCUT2D eigenvalue weighted by Gasteiger charge is 2.26. The molecule has 1 aliphatic carbocycles. The van der Waals surface area contributed by atoms with Crippen LogP contribution in [0.3, 0.4) is 0 Å². The molecule has 29 heavy (non-hydrogen) atoms. The van der Waals surface area contributed by atoms with Crippen molar-refractivity contribution in [2.45, 2.75) is 33.2 Å². The highest BCUT2D eigenvalue weighted by molar-refractivity contribution is 6.17. The molecule has 0 aliphatic heterocycles. The van der Waals surface area contributed by atoms with Crippen molar-refractivity contribution in [1.82, 2.24) is 9.72 Å². The van der Waals surface area contributed by atoms with Gasteiger partial charge >= 0.3 is 0 Å². The first-order valence-electron chi connectivity index (χ1n) is 9.76. The van der Waals surface area contributed by atoms with Crippen LogP contribution in [0, 0.1) is 19.8 Å². The van der Waals surface area contributed by atoms with Crippen molar-refractivity contribution in [1.29, 1.82) is 0 Å². The van der Waals surface area contributed by atoms with Crippen molar-refractivity contribution in [3.8, 4) is 11.1 Å². The number of amides is 1. The fourth-order valence-electron chi connectivity index (χ4n) is 4.30. The number of aryl methyl sites for hydroxylation is 2. The molecule has 1 aliphatic rings. The number of carbonyl (C=O) groups is 2. The Balaban J connectivity index is 1.91. The van der Waals surface area contributed by atoms with Crippen LogP contribution in [-0.4, -0.2) is 21.9 Å². The van der Waals surface area contributed by atoms with Gasteiger partial charge in [-0.1, -0.05) is 17.3 Å². The molecule has 1 saturated carbocycles. The molecule has 4 aromatic rings. The lowest BCUT2D eigenvalue weighted by atomic mass is 9.97. The minimum atomic E-state index is -0.473. The SMILES string of the molecule is Cc1noc(C)c1-c1cc(C(N)=O)c2c(c1)c1ccc(C=O)cc1n2CC1CC1. The Morgan fingerprint density at radius 1 is 1.24 bits per heavy atom. The summed E-state index contributed by atoms with van der Waals surface area (Å²) in [4.78, 5) is 23.8. The molecular formula is C23H21N3O3. The summed E-state index contributed by atoms with van der Waals surface area (Å²) in [5.74, 6) is 0.818. The maximum Gasteiger partial charge on any atom is 0.250 e. The van der Waals surface area contributed by atoms with E-state index in [4.69, 9.17) is 10.3 Å². The van der Waals surface area contributed by atoms with Crippen molar-refractivity contribution in [3.63, 3.8) is 0 Å². The van der Waals surface area contributed by atoms with Gasteiger partial charge in [0.05, 0.1) is 16.8 Å². The van der Waals surface area contributed by atoms with Crippen LogP contribution in [0.1, 0.15) is 45.0 Å². The average molecular weight is 387 g/mol. The topological polar surface area (TPSA) is 91.1 Å². The zero-order valence-corrected chi connectivity index (χ0v) is 16.4. The number of nitrogens with zero attached hydrogens (tertiary/aromatic N) is 2. The van der Waals surface area contributed by atoms with Gasteiger partial charge in [0.1, 0.15) is 12.0 Å². The second-order valence-electron chi connectivity index (χ2n) is 7.93. The number of hydrogen-bond acceptors (Lipinski definition) is 4. The first-order chi connectivity index (χ1) is 14.0. The second kappa shape index (κ2) is 6.30. The van der Waals surface area contributed by atoms with Gasteiger partial charge in [-0.3, -0.25) is 9.59 Å². The van der Waals surface area contributed by atoms with Gasteiger partial charge in [-0.2, -0.15) is 0 Å². The molecule has 0 saturated heterocycles. The average Bonchev–Trinajstić information content (AvgIpc) is 3.40. The number of benzene rings is 2. The summed E-state index contributed by atoms with van der Waals surface area (Å²) in [5.41, 5.74) is 11.2. The predicted octanol–water partition coefficient (Wildman–Crippen LogP) is 4.39. The normalized spacial score (nSPS) is 14.0. The van der Waals surface area contributed by atoms with Crippen LogP contribution in [0.2, 0.25) is 0 Å². The number of fused-ring (bicyclic) bond motifs is 3. The maximum atomic E-state index is 12.5. The van der Waals surface area contributed by atoms with Gasteiger partial charge in [0, 0.05) is 34.0 Å². The molecule has 0 spiro atoms. The van der Waals surface area contributed by atoms with Crippen LogP contribution < -0.4 is 5.73 Å². The molecule has 1 fully saturated rings. The molecule has 0 atom stereocenters. The summed E-state index contributed by atoms with van der Waals surface area (Å²) in [6.45, 7) is 4.55. The molecule has 2 heterocycles. The van der Waals surface area contributed by atoms with Crippen LogP contribution in [0.15, 0.2) is 34.9 Å². The molecule has 2 aromatic carbocycles. The molecule has 6 heteroatoms. The number of aldehydes is 1. The van der Waals surface area contributed by atoms with Gasteiger partial charge in [0.25, 0.3) is 5.91 Å². The minimum absolute atomic E-state index is 0.473. The van der Waals surface area contributed by atoms with Gasteiger partial charge in [-0.25, -0.2) is 0 Å². The van der Waals surface area contributed by atoms with Crippen molar-refractivity contribution in [2.24, 2.45) is 11.7 Å². The van der Waals surface area contributed by atoms with Crippen LogP contribution in [0.4, 0.5) is 0 Å². The van der Waals surface area contributed by atoms with E-state index in [1.807, 2.05) is 38.1 Å². The largest absolute Gasteiger partial charge is 0.366 e. The number of aromatic nitrogens is 2. The smallest absolute Gasteiger partial charge is 0.250 e. The van der Waals surface area contributed by atoms with Gasteiger partial charge in [0.2, 0.25) is 0 Å². The van der Waals surface area contributed by atoms with Gasteiger partial charge in [0.15, 0.2) is 0 Å². The Bertz CT molecular complexity index is 1290. The molecular weight excluding hydrogens is 366 g/mol. The van der Waals surface area contributed by atoms with Gasteiger partial charge in [-0.05, 0) is 56.4 Å². The summed E-state index contributed by atoms with van der Waals surface area (Å²) in [5, 5.41) is 6.00. The summed E-state index contributed by atoms with van der Waals surface area (Å²) in [6, 6.07) is 9.56. The number of hydrogen-bond donors (Lipinski definition) is 1. The molecule has 146 valence electrons. The summed E-state index contributed by atoms with van der Waals surface area (Å²) in [7, 11) is 0. The second-order valence-corrected chi connectivity index (χ2v) is 7.93. The van der Waals surface area contributed by atoms with Crippen LogP contribution in [-0.2, 0) is 6.54 Å². The van der Waals surface area contributed by atoms with E-state index >= 15 is 0 Å². The van der Waals surface area contributed by atoms with Crippen LogP contribution >= 0.6 is 0 Å². The maximum absolute atomic E-state index is 12.5. The van der Waals surface area contributed by atoms with E-state index in [1.54, 1.807) is 0 Å². The Morgan fingerprint density at radius 3 is 2.66 bits per heavy atom. The Labute approximate surface area is 167 Å². The molecule has 6 nitrogen and oxygen atoms in total. The summed E-state index contributed by atoms with van der Waals surface area (Å²) < 4.78 is 7.50. The molecule has 2 N–H and O–H groups in total. The van der Waals surface area contributed by atoms with Crippen molar-refractivity contribution in [3.05, 3.63) is 52.9 Å². The highest BCUT2D eigenvalue weighted by atomic mass is 16.5. The van der Waals surface area contributed by atoms with E-state index in [9.17, 15) is 9.59 Å². The summed E-state index contributed by atoms with van der Waals surface area (Å²) in [6.07, 6.45) is 3.21. The third-order valence-electron chi connectivity index (χ3n) is 5.84. The van der Waals surface area contributed by atoms with Crippen molar-refractivity contribution >= 4 is 34.0 Å². The third kappa shape index (κ3) is 2.75. The number of carbonyl (C=O) groups excluding carboxylic acids is 2. The molecule has 5 rings (SSSR count). The van der Waals surface area contributed by atoms with Crippen LogP contribution in [0.5, 0.6) is 0 Å². The molecule has 0 unspecified atom stereocenters. The minimum Gasteiger partial charge on any atom is -0.366 e. The first kappa shape index (κ1) is 17.7. The Kier molecular flexibility index (Phi) is 3.84. The van der Waals surface area contributed by atoms with E-state index in [0.29, 0.717) is 22.8 Å². The van der Waals surface area contributed by atoms with E-state index in [-0.39, 0.29) is 0 Å². The standard InChI is InChI=1S/C23H21N3O3/c1-12-21(13(2)29-25-12)16-8-18-17-6-5-15(11-27)7-20(17)26(10-14-3-4-14)22(18)19(9-16)23(24)28/h5-9,11,14H,3-4,10H2,1-2H3,(H2,24,28). The van der Waals surface area contributed by atoms with Gasteiger partial charge < -0.3 is 14.8 Å². The number of primary amides is 1. The summed E-state index contributed by atoms with van der Waals surface area (Å²) >= 11 is 0. The Hall–Kier alpha value is -3.41. The zero-order chi connectivity index (χ0) is 20.3. The zero-order valence-electron chi connectivity index (χ0n) is 16.4. The van der Waals surface area contributed by atoms with E-state index in [0.717, 1.165) is 51.5 Å². The lowest BCUT2D eigenvalue weighted by molar-refractivity contribution is 0.100. The molecule has 0 radical (unpaired) electrons. The van der Waals surface area contributed by atoms with Gasteiger partial charge in [-0.15, -0.1) is 0 Å². The fraction of sp³-hybridized carbons (Fsp3) is 0.261. The molecule has 1 amide bonds. The van der Waals surface area contributed by atoms with E-state index in [1.165, 1.54) is 12.8 Å². The third-order valence-corrected chi connectivity index (χ3v) is 5.84. The van der Waals surface area contributed by atoms with E-state index in [2.05, 4.69) is 15.8 Å². The first-order valence-corrected chi connectivity index (χ1v) is 9.76. The van der Waals surface area contributed by atoms with Crippen molar-refractivity contribution < 1.29 is 14.1 Å². The molecule has 0 bridgehead atoms. The number of nitrogens with two attached hydrogens (primary N) is 1. The lowest BCUT2D eigenvalue weighted by Crippen LogP contribution is -2.14. The van der Waals surface area contributed by atoms with E-state index < -0.39 is 5.91 Å². The molecule has 2 aromatic heterocycles. The highest BCUT2D eigenvalue weighted by Crippen LogP contribution is 2.40. The Morgan fingerprint density at radius 2 is 2.03 bits per heavy atom. The predicted molar refractivity (Wildman–Crippen MR) is 111 cm³/mol. The fourth-order valence-corrected chi connectivity index (χ4v) is 4.30. The monoisotopic (exact) mass is 387 g/mol. The van der Waals surface area contributed by atoms with Crippen molar-refractivity contribution in [2.75, 3.05) is 0 Å². The lowest BCUT2D eigenvalue weighted by Gasteiger charge is -2.11. The quantitative estimate of drug-likeness (QED) is 0.514. The number of rotatable bonds is 5. The van der Waals surface area contributed by atoms with Crippen LogP contribution in [0.25, 0.3) is 32.9 Å².